The number of carbonyl (C=O) groups is 3. The van der Waals surface area contributed by atoms with E-state index < -0.39 is 0 Å². The number of piperidine rings is 1. The summed E-state index contributed by atoms with van der Waals surface area (Å²) in [5.74, 6) is -0.0909. The molecule has 210 valence electrons. The monoisotopic (exact) mass is 544 g/mol. The molecule has 2 aromatic carbocycles. The number of nitrogens with one attached hydrogen (secondary N) is 1. The zero-order valence-corrected chi connectivity index (χ0v) is 23.2. The Morgan fingerprint density at radius 1 is 1.00 bits per heavy atom. The van der Waals surface area contributed by atoms with Gasteiger partial charge in [-0.15, -0.1) is 0 Å². The predicted octanol–water partition coefficient (Wildman–Crippen LogP) is 5.84. The van der Waals surface area contributed by atoms with Crippen molar-refractivity contribution in [2.24, 2.45) is 11.8 Å². The van der Waals surface area contributed by atoms with Gasteiger partial charge in [-0.1, -0.05) is 13.8 Å². The van der Waals surface area contributed by atoms with Gasteiger partial charge in [-0.25, -0.2) is 4.39 Å². The van der Waals surface area contributed by atoms with Crippen LogP contribution in [0.3, 0.4) is 0 Å². The highest BCUT2D eigenvalue weighted by Crippen LogP contribution is 2.23. The van der Waals surface area contributed by atoms with Crippen LogP contribution in [0, 0.1) is 17.7 Å². The number of rotatable bonds is 11. The quantitative estimate of drug-likeness (QED) is 0.307. The summed E-state index contributed by atoms with van der Waals surface area (Å²) in [5.41, 5.74) is 2.44. The summed E-state index contributed by atoms with van der Waals surface area (Å²) in [4.78, 5) is 46.8. The second kappa shape index (κ2) is 13.9. The molecular weight excluding hydrogens is 507 g/mol. The van der Waals surface area contributed by atoms with Crippen molar-refractivity contribution in [3.05, 3.63) is 90.0 Å². The van der Waals surface area contributed by atoms with Crippen molar-refractivity contribution in [3.63, 3.8) is 0 Å². The standard InChI is InChI=1S/C32H37FN4O3/c1-23(2)5-14-30(38)35-28-12-8-26(9-13-28)32(40)37(29-4-3-17-34-22-29)21-20-36-18-15-25(16-19-36)31(39)24-6-10-27(33)11-7-24/h3-4,6-13,17,22-23,25H,5,14-16,18-21H2,1-2H3,(H,35,38). The van der Waals surface area contributed by atoms with Crippen LogP contribution in [-0.2, 0) is 4.79 Å². The molecule has 0 atom stereocenters. The summed E-state index contributed by atoms with van der Waals surface area (Å²) in [6, 6.07) is 16.4. The first-order valence-corrected chi connectivity index (χ1v) is 13.9. The molecule has 1 aromatic heterocycles. The Hall–Kier alpha value is -3.91. The summed E-state index contributed by atoms with van der Waals surface area (Å²) < 4.78 is 13.2. The van der Waals surface area contributed by atoms with Crippen molar-refractivity contribution >= 4 is 29.0 Å². The number of ketones is 1. The molecule has 4 rings (SSSR count). The number of hydrogen-bond acceptors (Lipinski definition) is 5. The van der Waals surface area contributed by atoms with Gasteiger partial charge in [0.1, 0.15) is 5.82 Å². The average molecular weight is 545 g/mol. The van der Waals surface area contributed by atoms with Crippen LogP contribution in [0.2, 0.25) is 0 Å². The minimum Gasteiger partial charge on any atom is -0.326 e. The zero-order chi connectivity index (χ0) is 28.5. The maximum atomic E-state index is 13.6. The van der Waals surface area contributed by atoms with Gasteiger partial charge >= 0.3 is 0 Å². The van der Waals surface area contributed by atoms with Crippen LogP contribution in [0.4, 0.5) is 15.8 Å². The highest BCUT2D eigenvalue weighted by molar-refractivity contribution is 6.06. The van der Waals surface area contributed by atoms with Gasteiger partial charge in [-0.3, -0.25) is 19.4 Å². The molecular formula is C32H37FN4O3. The SMILES string of the molecule is CC(C)CCC(=O)Nc1ccc(C(=O)N(CCN2CCC(C(=O)c3ccc(F)cc3)CC2)c2cccnc2)cc1. The van der Waals surface area contributed by atoms with Crippen LogP contribution in [0.15, 0.2) is 73.1 Å². The number of hydrogen-bond donors (Lipinski definition) is 1. The van der Waals surface area contributed by atoms with E-state index >= 15 is 0 Å². The summed E-state index contributed by atoms with van der Waals surface area (Å²) in [6.45, 7) is 6.79. The topological polar surface area (TPSA) is 82.6 Å². The predicted molar refractivity (Wildman–Crippen MR) is 155 cm³/mol. The molecule has 0 bridgehead atoms. The van der Waals surface area contributed by atoms with E-state index in [2.05, 4.69) is 29.0 Å². The lowest BCUT2D eigenvalue weighted by Gasteiger charge is -2.33. The van der Waals surface area contributed by atoms with Crippen molar-refractivity contribution in [1.82, 2.24) is 9.88 Å². The Bertz CT molecular complexity index is 1270. The lowest BCUT2D eigenvalue weighted by molar-refractivity contribution is -0.116. The molecule has 0 unspecified atom stereocenters. The van der Waals surface area contributed by atoms with Gasteiger partial charge in [0.25, 0.3) is 5.91 Å². The van der Waals surface area contributed by atoms with Gasteiger partial charge in [-0.05, 0) is 98.9 Å². The second-order valence-electron chi connectivity index (χ2n) is 10.7. The van der Waals surface area contributed by atoms with E-state index in [-0.39, 0.29) is 29.3 Å². The summed E-state index contributed by atoms with van der Waals surface area (Å²) >= 11 is 0. The van der Waals surface area contributed by atoms with E-state index in [0.717, 1.165) is 32.4 Å². The fourth-order valence-electron chi connectivity index (χ4n) is 4.87. The first kappa shape index (κ1) is 29.1. The lowest BCUT2D eigenvalue weighted by Crippen LogP contribution is -2.43. The summed E-state index contributed by atoms with van der Waals surface area (Å²) in [5, 5.41) is 2.90. The van der Waals surface area contributed by atoms with Crippen molar-refractivity contribution < 1.29 is 18.8 Å². The number of likely N-dealkylation sites (tertiary alicyclic amines) is 1. The Balaban J connectivity index is 1.35. The van der Waals surface area contributed by atoms with Crippen LogP contribution >= 0.6 is 0 Å². The Kier molecular flexibility index (Phi) is 10.1. The highest BCUT2D eigenvalue weighted by Gasteiger charge is 2.27. The minimum atomic E-state index is -0.348. The Labute approximate surface area is 235 Å². The van der Waals surface area contributed by atoms with Crippen LogP contribution in [0.25, 0.3) is 0 Å². The third-order valence-corrected chi connectivity index (χ3v) is 7.29. The molecule has 1 aliphatic rings. The van der Waals surface area contributed by atoms with Crippen molar-refractivity contribution in [2.75, 3.05) is 36.4 Å². The number of carbonyl (C=O) groups excluding carboxylic acids is 3. The summed E-state index contributed by atoms with van der Waals surface area (Å²) in [7, 11) is 0. The third-order valence-electron chi connectivity index (χ3n) is 7.29. The fraction of sp³-hybridized carbons (Fsp3) is 0.375. The van der Waals surface area contributed by atoms with Gasteiger partial charge in [0.15, 0.2) is 5.78 Å². The average Bonchev–Trinajstić information content (AvgIpc) is 2.97. The second-order valence-corrected chi connectivity index (χ2v) is 10.7. The van der Waals surface area contributed by atoms with E-state index in [4.69, 9.17) is 0 Å². The molecule has 3 aromatic rings. The number of aromatic nitrogens is 1. The number of amides is 2. The number of anilines is 2. The van der Waals surface area contributed by atoms with Crippen LogP contribution in [-0.4, -0.2) is 53.7 Å². The van der Waals surface area contributed by atoms with Crippen LogP contribution in [0.5, 0.6) is 0 Å². The van der Waals surface area contributed by atoms with E-state index in [1.165, 1.54) is 12.1 Å². The van der Waals surface area contributed by atoms with Crippen molar-refractivity contribution in [3.8, 4) is 0 Å². The molecule has 1 saturated heterocycles. The van der Waals surface area contributed by atoms with Gasteiger partial charge in [0, 0.05) is 48.4 Å². The van der Waals surface area contributed by atoms with Gasteiger partial charge in [-0.2, -0.15) is 0 Å². The molecule has 0 saturated carbocycles. The molecule has 7 nitrogen and oxygen atoms in total. The third kappa shape index (κ3) is 8.05. The normalized spacial score (nSPS) is 14.2. The van der Waals surface area contributed by atoms with Gasteiger partial charge < -0.3 is 15.1 Å². The summed E-state index contributed by atoms with van der Waals surface area (Å²) in [6.07, 6.45) is 6.08. The lowest BCUT2D eigenvalue weighted by atomic mass is 9.89. The van der Waals surface area contributed by atoms with E-state index in [0.29, 0.717) is 47.9 Å². The smallest absolute Gasteiger partial charge is 0.258 e. The first-order valence-electron chi connectivity index (χ1n) is 13.9. The number of pyridine rings is 1. The number of halogens is 1. The van der Waals surface area contributed by atoms with E-state index in [1.54, 1.807) is 59.8 Å². The maximum absolute atomic E-state index is 13.6. The molecule has 0 spiro atoms. The fourth-order valence-corrected chi connectivity index (χ4v) is 4.87. The minimum absolute atomic E-state index is 0.0344. The zero-order valence-electron chi connectivity index (χ0n) is 23.2. The molecule has 2 amide bonds. The molecule has 0 aliphatic carbocycles. The largest absolute Gasteiger partial charge is 0.326 e. The Morgan fingerprint density at radius 3 is 2.30 bits per heavy atom. The maximum Gasteiger partial charge on any atom is 0.258 e. The van der Waals surface area contributed by atoms with Crippen LogP contribution in [0.1, 0.15) is 60.2 Å². The van der Waals surface area contributed by atoms with E-state index in [9.17, 15) is 18.8 Å². The molecule has 1 fully saturated rings. The molecule has 8 heteroatoms. The molecule has 40 heavy (non-hydrogen) atoms. The van der Waals surface area contributed by atoms with Gasteiger partial charge in [0.2, 0.25) is 5.91 Å². The molecule has 1 N–H and O–H groups in total. The van der Waals surface area contributed by atoms with E-state index in [1.807, 2.05) is 6.07 Å². The highest BCUT2D eigenvalue weighted by atomic mass is 19.1. The first-order chi connectivity index (χ1) is 19.3. The van der Waals surface area contributed by atoms with Crippen molar-refractivity contribution in [1.29, 1.82) is 0 Å². The molecule has 0 radical (unpaired) electrons. The van der Waals surface area contributed by atoms with Crippen LogP contribution < -0.4 is 10.2 Å². The molecule has 2 heterocycles. The number of benzene rings is 2. The van der Waals surface area contributed by atoms with Crippen molar-refractivity contribution in [2.45, 2.75) is 39.5 Å². The number of Topliss-reactive ketones (excluding diaryl/α,β-unsaturated/α-hetero) is 1. The number of nitrogens with zero attached hydrogens (tertiary/aromatic N) is 3. The molecule has 1 aliphatic heterocycles. The van der Waals surface area contributed by atoms with Gasteiger partial charge in [0.05, 0.1) is 11.9 Å². The Morgan fingerprint density at radius 2 is 1.68 bits per heavy atom.